The van der Waals surface area contributed by atoms with Crippen molar-refractivity contribution in [3.05, 3.63) is 63.0 Å². The van der Waals surface area contributed by atoms with Crippen LogP contribution in [0, 0.1) is 0 Å². The first-order valence-electron chi connectivity index (χ1n) is 6.51. The monoisotopic (exact) mass is 411 g/mol. The van der Waals surface area contributed by atoms with Crippen molar-refractivity contribution in [3.63, 3.8) is 0 Å². The number of nitrogens with one attached hydrogen (secondary N) is 1. The van der Waals surface area contributed by atoms with E-state index in [4.69, 9.17) is 0 Å². The summed E-state index contributed by atoms with van der Waals surface area (Å²) in [4.78, 5) is 12.0. The molecule has 0 fully saturated rings. The molecule has 0 spiro atoms. The van der Waals surface area contributed by atoms with Gasteiger partial charge in [-0.25, -0.2) is 4.79 Å². The number of benzene rings is 2. The summed E-state index contributed by atoms with van der Waals surface area (Å²) < 4.78 is 1.76. The minimum atomic E-state index is -1.16. The molecule has 21 heavy (non-hydrogen) atoms. The lowest BCUT2D eigenvalue weighted by atomic mass is 9.87. The molecule has 0 amide bonds. The van der Waals surface area contributed by atoms with Gasteiger partial charge < -0.3 is 10.4 Å². The van der Waals surface area contributed by atoms with Crippen LogP contribution >= 0.6 is 31.9 Å². The highest BCUT2D eigenvalue weighted by atomic mass is 79.9. The van der Waals surface area contributed by atoms with Crippen LogP contribution in [0.3, 0.4) is 0 Å². The number of aliphatic carboxylic acids is 1. The Hall–Kier alpha value is -1.33. The van der Waals surface area contributed by atoms with Gasteiger partial charge in [0.25, 0.3) is 0 Å². The molecule has 0 aliphatic carbocycles. The number of carbonyl (C=O) groups is 1. The minimum absolute atomic E-state index is 0.422. The summed E-state index contributed by atoms with van der Waals surface area (Å²) in [5.41, 5.74) is 0.311. The molecule has 2 rings (SSSR count). The van der Waals surface area contributed by atoms with Gasteiger partial charge in [0.1, 0.15) is 0 Å². The maximum Gasteiger partial charge on any atom is 0.334 e. The maximum atomic E-state index is 12.0. The van der Waals surface area contributed by atoms with Crippen molar-refractivity contribution in [3.8, 4) is 0 Å². The van der Waals surface area contributed by atoms with E-state index in [1.807, 2.05) is 55.5 Å². The number of carboxylic acids is 1. The van der Waals surface area contributed by atoms with Gasteiger partial charge in [0, 0.05) is 14.6 Å². The van der Waals surface area contributed by atoms with Crippen LogP contribution in [0.4, 0.5) is 5.69 Å². The number of rotatable bonds is 5. The Morgan fingerprint density at radius 2 is 1.76 bits per heavy atom. The van der Waals surface area contributed by atoms with Crippen LogP contribution in [-0.4, -0.2) is 11.1 Å². The summed E-state index contributed by atoms with van der Waals surface area (Å²) in [5, 5.41) is 13.0. The van der Waals surface area contributed by atoms with Gasteiger partial charge in [0.05, 0.1) is 0 Å². The fourth-order valence-corrected chi connectivity index (χ4v) is 3.06. The van der Waals surface area contributed by atoms with E-state index in [-0.39, 0.29) is 0 Å². The second-order valence-corrected chi connectivity index (χ2v) is 6.54. The highest BCUT2D eigenvalue weighted by Gasteiger charge is 2.38. The van der Waals surface area contributed by atoms with Crippen LogP contribution in [-0.2, 0) is 10.3 Å². The molecule has 2 N–H and O–H groups in total. The molecule has 0 bridgehead atoms. The van der Waals surface area contributed by atoms with Crippen LogP contribution < -0.4 is 5.32 Å². The Bertz CT molecular complexity index is 660. The van der Waals surface area contributed by atoms with Crippen molar-refractivity contribution in [1.29, 1.82) is 0 Å². The normalized spacial score (nSPS) is 13.5. The van der Waals surface area contributed by atoms with Crippen LogP contribution in [0.25, 0.3) is 0 Å². The van der Waals surface area contributed by atoms with E-state index in [0.29, 0.717) is 12.0 Å². The Balaban J connectivity index is 2.49. The fourth-order valence-electron chi connectivity index (χ4n) is 2.26. The van der Waals surface area contributed by atoms with E-state index >= 15 is 0 Å². The van der Waals surface area contributed by atoms with Gasteiger partial charge in [0.2, 0.25) is 0 Å². The third-order valence-electron chi connectivity index (χ3n) is 3.40. The average Bonchev–Trinajstić information content (AvgIpc) is 2.44. The Morgan fingerprint density at radius 3 is 2.29 bits per heavy atom. The Kier molecular flexibility index (Phi) is 5.06. The molecule has 1 atom stereocenters. The predicted octanol–water partition coefficient (Wildman–Crippen LogP) is 5.01. The SMILES string of the molecule is CCC(Nc1cccc(Br)c1)(C(=O)O)c1cccc(Br)c1. The second kappa shape index (κ2) is 6.62. The topological polar surface area (TPSA) is 49.3 Å². The lowest BCUT2D eigenvalue weighted by Gasteiger charge is -2.31. The highest BCUT2D eigenvalue weighted by molar-refractivity contribution is 9.10. The lowest BCUT2D eigenvalue weighted by Crippen LogP contribution is -2.43. The molecule has 0 aromatic heterocycles. The molecule has 0 aliphatic heterocycles. The molecule has 0 saturated heterocycles. The average molecular weight is 413 g/mol. The number of hydrogen-bond acceptors (Lipinski definition) is 2. The highest BCUT2D eigenvalue weighted by Crippen LogP contribution is 2.32. The Morgan fingerprint density at radius 1 is 1.14 bits per heavy atom. The predicted molar refractivity (Wildman–Crippen MR) is 91.5 cm³/mol. The molecule has 0 aliphatic rings. The van der Waals surface area contributed by atoms with Gasteiger partial charge >= 0.3 is 5.97 Å². The molecule has 1 unspecified atom stereocenters. The van der Waals surface area contributed by atoms with Crippen LogP contribution in [0.2, 0.25) is 0 Å². The van der Waals surface area contributed by atoms with Crippen LogP contribution in [0.15, 0.2) is 57.5 Å². The van der Waals surface area contributed by atoms with Crippen molar-refractivity contribution in [2.45, 2.75) is 18.9 Å². The summed E-state index contributed by atoms with van der Waals surface area (Å²) >= 11 is 6.80. The molecule has 0 saturated carbocycles. The first kappa shape index (κ1) is 16.0. The first-order chi connectivity index (χ1) is 9.98. The fraction of sp³-hybridized carbons (Fsp3) is 0.188. The lowest BCUT2D eigenvalue weighted by molar-refractivity contribution is -0.142. The first-order valence-corrected chi connectivity index (χ1v) is 8.10. The van der Waals surface area contributed by atoms with Crippen LogP contribution in [0.1, 0.15) is 18.9 Å². The van der Waals surface area contributed by atoms with E-state index in [1.54, 1.807) is 0 Å². The number of halogens is 2. The molecule has 0 heterocycles. The van der Waals surface area contributed by atoms with Crippen molar-refractivity contribution in [2.24, 2.45) is 0 Å². The molecule has 2 aromatic rings. The number of anilines is 1. The third-order valence-corrected chi connectivity index (χ3v) is 4.38. The maximum absolute atomic E-state index is 12.0. The van der Waals surface area contributed by atoms with Crippen molar-refractivity contribution in [2.75, 3.05) is 5.32 Å². The summed E-state index contributed by atoms with van der Waals surface area (Å²) in [5.74, 6) is -0.900. The molecule has 2 aromatic carbocycles. The Labute approximate surface area is 140 Å². The van der Waals surface area contributed by atoms with Gasteiger partial charge in [-0.1, -0.05) is 57.0 Å². The van der Waals surface area contributed by atoms with E-state index in [2.05, 4.69) is 37.2 Å². The number of carboxylic acid groups (broad SMARTS) is 1. The summed E-state index contributed by atoms with van der Waals surface area (Å²) in [6.45, 7) is 1.86. The van der Waals surface area contributed by atoms with Crippen LogP contribution in [0.5, 0.6) is 0 Å². The van der Waals surface area contributed by atoms with Crippen molar-refractivity contribution in [1.82, 2.24) is 0 Å². The standard InChI is InChI=1S/C16H15Br2NO2/c1-2-16(15(20)21,11-5-3-6-12(17)9-11)19-14-8-4-7-13(18)10-14/h3-10,19H,2H2,1H3,(H,20,21). The minimum Gasteiger partial charge on any atom is -0.479 e. The number of hydrogen-bond donors (Lipinski definition) is 2. The molecule has 110 valence electrons. The van der Waals surface area contributed by atoms with Gasteiger partial charge in [-0.15, -0.1) is 0 Å². The molecular formula is C16H15Br2NO2. The quantitative estimate of drug-likeness (QED) is 0.725. The third kappa shape index (κ3) is 3.47. The van der Waals surface area contributed by atoms with E-state index < -0.39 is 11.5 Å². The van der Waals surface area contributed by atoms with Crippen molar-refractivity contribution < 1.29 is 9.90 Å². The molecular weight excluding hydrogens is 398 g/mol. The zero-order chi connectivity index (χ0) is 15.5. The largest absolute Gasteiger partial charge is 0.479 e. The van der Waals surface area contributed by atoms with E-state index in [9.17, 15) is 9.90 Å². The summed E-state index contributed by atoms with van der Waals surface area (Å²) in [7, 11) is 0. The van der Waals surface area contributed by atoms with Gasteiger partial charge in [-0.3, -0.25) is 0 Å². The van der Waals surface area contributed by atoms with Gasteiger partial charge in [-0.05, 0) is 42.3 Å². The van der Waals surface area contributed by atoms with E-state index in [0.717, 1.165) is 14.6 Å². The zero-order valence-electron chi connectivity index (χ0n) is 11.4. The smallest absolute Gasteiger partial charge is 0.334 e. The van der Waals surface area contributed by atoms with Gasteiger partial charge in [0.15, 0.2) is 5.54 Å². The van der Waals surface area contributed by atoms with Crippen molar-refractivity contribution >= 4 is 43.5 Å². The molecule has 0 radical (unpaired) electrons. The second-order valence-electron chi connectivity index (χ2n) is 4.71. The van der Waals surface area contributed by atoms with E-state index in [1.165, 1.54) is 0 Å². The molecule has 3 nitrogen and oxygen atoms in total. The zero-order valence-corrected chi connectivity index (χ0v) is 14.6. The molecule has 5 heteroatoms. The van der Waals surface area contributed by atoms with Gasteiger partial charge in [-0.2, -0.15) is 0 Å². The summed E-state index contributed by atoms with van der Waals surface area (Å²) in [6, 6.07) is 14.9. The summed E-state index contributed by atoms with van der Waals surface area (Å²) in [6.07, 6.45) is 0.422.